The van der Waals surface area contributed by atoms with Gasteiger partial charge >= 0.3 is 5.63 Å². The molecule has 0 unspecified atom stereocenters. The van der Waals surface area contributed by atoms with Crippen LogP contribution in [-0.4, -0.2) is 24.1 Å². The molecule has 1 aromatic carbocycles. The quantitative estimate of drug-likeness (QED) is 0.660. The fourth-order valence-corrected chi connectivity index (χ4v) is 4.75. The number of para-hydroxylation sites is 1. The summed E-state index contributed by atoms with van der Waals surface area (Å²) in [7, 11) is -3.29. The molecule has 2 aromatic heterocycles. The van der Waals surface area contributed by atoms with Crippen LogP contribution in [0.15, 0.2) is 39.5 Å². The van der Waals surface area contributed by atoms with Gasteiger partial charge < -0.3 is 9.73 Å². The Balaban J connectivity index is 1.79. The van der Waals surface area contributed by atoms with Crippen LogP contribution >= 0.6 is 0 Å². The summed E-state index contributed by atoms with van der Waals surface area (Å²) in [6, 6.07) is 8.35. The maximum Gasteiger partial charge on any atom is 0.349 e. The topological polar surface area (TPSA) is 111 Å². The molecule has 146 valence electrons. The fourth-order valence-electron chi connectivity index (χ4n) is 3.25. The molecule has 0 aliphatic carbocycles. The third kappa shape index (κ3) is 3.11. The first kappa shape index (κ1) is 18.4. The molecule has 4 rings (SSSR count). The van der Waals surface area contributed by atoms with Gasteiger partial charge in [0.15, 0.2) is 9.84 Å². The molecule has 3 aromatic rings. The monoisotopic (exact) mass is 401 g/mol. The fraction of sp³-hybridized carbons (Fsp3) is 0.316. The van der Waals surface area contributed by atoms with Crippen molar-refractivity contribution in [3.63, 3.8) is 0 Å². The molecule has 0 fully saturated rings. The minimum atomic E-state index is -3.29. The second-order valence-corrected chi connectivity index (χ2v) is 9.89. The average molecular weight is 401 g/mol. The second-order valence-electron chi connectivity index (χ2n) is 7.83. The van der Waals surface area contributed by atoms with E-state index in [0.29, 0.717) is 28.0 Å². The average Bonchev–Trinajstić information content (AvgIpc) is 3.06. The number of amides is 1. The largest absolute Gasteiger partial charge is 0.422 e. The van der Waals surface area contributed by atoms with Gasteiger partial charge in [-0.15, -0.1) is 0 Å². The van der Waals surface area contributed by atoms with Crippen LogP contribution in [0.5, 0.6) is 0 Å². The number of hydrogen-bond donors (Lipinski definition) is 1. The highest BCUT2D eigenvalue weighted by Crippen LogP contribution is 2.34. The highest BCUT2D eigenvalue weighted by atomic mass is 32.2. The molecule has 28 heavy (non-hydrogen) atoms. The molecule has 9 heteroatoms. The number of anilines is 1. The van der Waals surface area contributed by atoms with Gasteiger partial charge in [-0.2, -0.15) is 5.10 Å². The van der Waals surface area contributed by atoms with Gasteiger partial charge in [0.25, 0.3) is 5.91 Å². The maximum absolute atomic E-state index is 12.9. The Morgan fingerprint density at radius 1 is 1.21 bits per heavy atom. The zero-order valence-corrected chi connectivity index (χ0v) is 16.5. The molecule has 0 saturated carbocycles. The first-order valence-corrected chi connectivity index (χ1v) is 10.5. The maximum atomic E-state index is 12.9. The Kier molecular flexibility index (Phi) is 3.97. The van der Waals surface area contributed by atoms with E-state index < -0.39 is 26.9 Å². The Morgan fingerprint density at radius 3 is 2.64 bits per heavy atom. The van der Waals surface area contributed by atoms with E-state index in [1.165, 1.54) is 6.07 Å². The van der Waals surface area contributed by atoms with Crippen molar-refractivity contribution in [3.8, 4) is 0 Å². The molecule has 0 atom stereocenters. The number of rotatable bonds is 2. The Bertz CT molecular complexity index is 1280. The van der Waals surface area contributed by atoms with E-state index in [9.17, 15) is 18.0 Å². The van der Waals surface area contributed by atoms with Gasteiger partial charge in [0.2, 0.25) is 0 Å². The summed E-state index contributed by atoms with van der Waals surface area (Å²) in [5.74, 6) is -0.731. The Hall–Kier alpha value is -2.94. The minimum Gasteiger partial charge on any atom is -0.422 e. The summed E-state index contributed by atoms with van der Waals surface area (Å²) in [6.07, 6.45) is 0. The molecule has 0 radical (unpaired) electrons. The molecule has 1 N–H and O–H groups in total. The summed E-state index contributed by atoms with van der Waals surface area (Å²) in [5.41, 5.74) is -0.137. The molecule has 1 aliphatic heterocycles. The number of carbonyl (C=O) groups excluding carboxylic acids is 1. The molecule has 1 amide bonds. The van der Waals surface area contributed by atoms with Crippen molar-refractivity contribution in [1.82, 2.24) is 9.78 Å². The van der Waals surface area contributed by atoms with Crippen molar-refractivity contribution in [1.29, 1.82) is 0 Å². The van der Waals surface area contributed by atoms with E-state index in [1.807, 2.05) is 20.8 Å². The standard InChI is InChI=1S/C19H19N3O5S/c1-19(2,3)22-16(13-9-28(25,26)10-14(13)21-22)20-17(23)12-8-11-6-4-5-7-15(11)27-18(12)24/h4-8H,9-10H2,1-3H3,(H,20,23). The summed E-state index contributed by atoms with van der Waals surface area (Å²) < 4.78 is 30.8. The molecule has 0 bridgehead atoms. The summed E-state index contributed by atoms with van der Waals surface area (Å²) in [5, 5.41) is 7.71. The lowest BCUT2D eigenvalue weighted by atomic mass is 10.1. The van der Waals surface area contributed by atoms with Gasteiger partial charge in [0, 0.05) is 10.9 Å². The van der Waals surface area contributed by atoms with E-state index in [-0.39, 0.29) is 17.1 Å². The third-order valence-corrected chi connectivity index (χ3v) is 5.98. The first-order valence-electron chi connectivity index (χ1n) is 8.71. The van der Waals surface area contributed by atoms with E-state index in [0.717, 1.165) is 0 Å². The highest BCUT2D eigenvalue weighted by Gasteiger charge is 2.35. The predicted molar refractivity (Wildman–Crippen MR) is 104 cm³/mol. The minimum absolute atomic E-state index is 0.157. The van der Waals surface area contributed by atoms with Crippen LogP contribution in [0.3, 0.4) is 0 Å². The van der Waals surface area contributed by atoms with Crippen molar-refractivity contribution < 1.29 is 17.6 Å². The number of aromatic nitrogens is 2. The zero-order chi connectivity index (χ0) is 20.3. The van der Waals surface area contributed by atoms with E-state index in [1.54, 1.807) is 28.9 Å². The van der Waals surface area contributed by atoms with Crippen LogP contribution in [0.4, 0.5) is 5.82 Å². The molecule has 0 spiro atoms. The van der Waals surface area contributed by atoms with Crippen molar-refractivity contribution in [3.05, 3.63) is 57.6 Å². The normalized spacial score (nSPS) is 15.5. The van der Waals surface area contributed by atoms with Gasteiger partial charge in [-0.3, -0.25) is 4.79 Å². The number of hydrogen-bond acceptors (Lipinski definition) is 6. The Labute approximate surface area is 161 Å². The number of benzene rings is 1. The van der Waals surface area contributed by atoms with Gasteiger partial charge in [-0.1, -0.05) is 18.2 Å². The number of sulfone groups is 1. The molecular formula is C19H19N3O5S. The van der Waals surface area contributed by atoms with E-state index >= 15 is 0 Å². The Morgan fingerprint density at radius 2 is 1.93 bits per heavy atom. The van der Waals surface area contributed by atoms with Crippen molar-refractivity contribution in [2.45, 2.75) is 37.8 Å². The van der Waals surface area contributed by atoms with Crippen LogP contribution in [-0.2, 0) is 26.9 Å². The SMILES string of the molecule is CC(C)(C)n1nc2c(c1NC(=O)c1cc3ccccc3oc1=O)CS(=O)(=O)C2. The van der Waals surface area contributed by atoms with Gasteiger partial charge in [0.05, 0.1) is 22.7 Å². The number of carbonyl (C=O) groups is 1. The molecule has 8 nitrogen and oxygen atoms in total. The summed E-state index contributed by atoms with van der Waals surface area (Å²) >= 11 is 0. The molecule has 1 aliphatic rings. The number of nitrogens with one attached hydrogen (secondary N) is 1. The molecule has 0 saturated heterocycles. The molecular weight excluding hydrogens is 382 g/mol. The lowest BCUT2D eigenvalue weighted by Crippen LogP contribution is -2.29. The number of fused-ring (bicyclic) bond motifs is 2. The predicted octanol–water partition coefficient (Wildman–Crippen LogP) is 2.43. The second kappa shape index (κ2) is 6.03. The van der Waals surface area contributed by atoms with Crippen LogP contribution in [0.25, 0.3) is 11.0 Å². The van der Waals surface area contributed by atoms with Crippen molar-refractivity contribution >= 4 is 32.5 Å². The smallest absolute Gasteiger partial charge is 0.349 e. The summed E-state index contributed by atoms with van der Waals surface area (Å²) in [4.78, 5) is 25.1. The first-order chi connectivity index (χ1) is 13.0. The van der Waals surface area contributed by atoms with Gasteiger partial charge in [-0.25, -0.2) is 17.9 Å². The zero-order valence-electron chi connectivity index (χ0n) is 15.6. The van der Waals surface area contributed by atoms with Crippen LogP contribution in [0.2, 0.25) is 0 Å². The highest BCUT2D eigenvalue weighted by molar-refractivity contribution is 7.90. The van der Waals surface area contributed by atoms with Gasteiger partial charge in [-0.05, 0) is 32.9 Å². The van der Waals surface area contributed by atoms with Crippen molar-refractivity contribution in [2.75, 3.05) is 5.32 Å². The third-order valence-electron chi connectivity index (χ3n) is 4.54. The van der Waals surface area contributed by atoms with E-state index in [4.69, 9.17) is 4.42 Å². The van der Waals surface area contributed by atoms with Crippen LogP contribution < -0.4 is 10.9 Å². The lowest BCUT2D eigenvalue weighted by molar-refractivity contribution is 0.102. The van der Waals surface area contributed by atoms with Gasteiger partial charge in [0.1, 0.15) is 17.0 Å². The lowest BCUT2D eigenvalue weighted by Gasteiger charge is -2.23. The summed E-state index contributed by atoms with van der Waals surface area (Å²) in [6.45, 7) is 5.68. The van der Waals surface area contributed by atoms with Crippen LogP contribution in [0, 0.1) is 0 Å². The van der Waals surface area contributed by atoms with Crippen LogP contribution in [0.1, 0.15) is 42.4 Å². The van der Waals surface area contributed by atoms with Crippen molar-refractivity contribution in [2.24, 2.45) is 0 Å². The van der Waals surface area contributed by atoms with E-state index in [2.05, 4.69) is 10.4 Å². The number of nitrogens with zero attached hydrogens (tertiary/aromatic N) is 2. The molecule has 3 heterocycles.